The van der Waals surface area contributed by atoms with Crippen molar-refractivity contribution in [1.82, 2.24) is 4.90 Å². The van der Waals surface area contributed by atoms with Crippen molar-refractivity contribution in [3.8, 4) is 11.5 Å². The van der Waals surface area contributed by atoms with Gasteiger partial charge >= 0.3 is 0 Å². The lowest BCUT2D eigenvalue weighted by atomic mass is 9.98. The molecule has 7 nitrogen and oxygen atoms in total. The molecule has 2 aromatic carbocycles. The van der Waals surface area contributed by atoms with E-state index in [1.54, 1.807) is 30.3 Å². The van der Waals surface area contributed by atoms with Crippen molar-refractivity contribution in [1.29, 1.82) is 0 Å². The molecular formula is C27H24FNO6. The van der Waals surface area contributed by atoms with Crippen LogP contribution in [0.2, 0.25) is 0 Å². The van der Waals surface area contributed by atoms with Gasteiger partial charge in [-0.05, 0) is 53.9 Å². The van der Waals surface area contributed by atoms with Gasteiger partial charge in [0.1, 0.15) is 17.2 Å². The molecule has 0 bridgehead atoms. The number of ether oxygens (including phenoxy) is 2. The number of rotatable bonds is 7. The summed E-state index contributed by atoms with van der Waals surface area (Å²) in [7, 11) is 1.53. The molecule has 1 atom stereocenters. The van der Waals surface area contributed by atoms with Gasteiger partial charge in [0.05, 0.1) is 43.5 Å². The Hall–Kier alpha value is -4.07. The Morgan fingerprint density at radius 2 is 1.91 bits per heavy atom. The first-order valence-electron chi connectivity index (χ1n) is 11.3. The number of fused-ring (bicyclic) bond motifs is 2. The van der Waals surface area contributed by atoms with Crippen LogP contribution >= 0.6 is 0 Å². The van der Waals surface area contributed by atoms with Crippen LogP contribution in [0.25, 0.3) is 11.0 Å². The first-order chi connectivity index (χ1) is 16.9. The monoisotopic (exact) mass is 477 g/mol. The van der Waals surface area contributed by atoms with Gasteiger partial charge in [-0.15, -0.1) is 0 Å². The van der Waals surface area contributed by atoms with Gasteiger partial charge < -0.3 is 23.2 Å². The van der Waals surface area contributed by atoms with Gasteiger partial charge in [0.15, 0.2) is 16.9 Å². The molecule has 0 spiro atoms. The quantitative estimate of drug-likeness (QED) is 0.359. The maximum Gasteiger partial charge on any atom is 0.291 e. The molecule has 35 heavy (non-hydrogen) atoms. The van der Waals surface area contributed by atoms with Gasteiger partial charge in [-0.3, -0.25) is 9.59 Å². The molecule has 5 rings (SSSR count). The van der Waals surface area contributed by atoms with Crippen LogP contribution in [0.3, 0.4) is 0 Å². The molecule has 180 valence electrons. The minimum atomic E-state index is -0.792. The summed E-state index contributed by atoms with van der Waals surface area (Å²) in [4.78, 5) is 28.6. The largest absolute Gasteiger partial charge is 0.493 e. The molecular weight excluding hydrogens is 453 g/mol. The van der Waals surface area contributed by atoms with Gasteiger partial charge in [0.25, 0.3) is 5.91 Å². The lowest BCUT2D eigenvalue weighted by Gasteiger charge is -2.25. The zero-order valence-corrected chi connectivity index (χ0v) is 19.5. The van der Waals surface area contributed by atoms with Gasteiger partial charge in [0.2, 0.25) is 5.76 Å². The van der Waals surface area contributed by atoms with E-state index in [1.807, 2.05) is 13.8 Å². The molecule has 0 saturated heterocycles. The van der Waals surface area contributed by atoms with Gasteiger partial charge in [-0.25, -0.2) is 4.39 Å². The molecule has 0 N–H and O–H groups in total. The van der Waals surface area contributed by atoms with Crippen molar-refractivity contribution in [2.24, 2.45) is 5.92 Å². The van der Waals surface area contributed by atoms with Crippen molar-refractivity contribution in [2.75, 3.05) is 13.7 Å². The van der Waals surface area contributed by atoms with E-state index in [0.717, 1.165) is 6.07 Å². The summed E-state index contributed by atoms with van der Waals surface area (Å²) in [6, 6.07) is 11.6. The van der Waals surface area contributed by atoms with Gasteiger partial charge in [-0.2, -0.15) is 0 Å². The van der Waals surface area contributed by atoms with E-state index in [1.165, 1.54) is 30.4 Å². The zero-order valence-electron chi connectivity index (χ0n) is 19.5. The molecule has 3 heterocycles. The number of methoxy groups -OCH3 is 1. The molecule has 4 aromatic rings. The molecule has 0 unspecified atom stereocenters. The van der Waals surface area contributed by atoms with Crippen molar-refractivity contribution < 1.29 is 27.5 Å². The Morgan fingerprint density at radius 1 is 1.09 bits per heavy atom. The van der Waals surface area contributed by atoms with Crippen LogP contribution in [0.1, 0.15) is 47.3 Å². The fourth-order valence-electron chi connectivity index (χ4n) is 4.30. The summed E-state index contributed by atoms with van der Waals surface area (Å²) in [5.41, 5.74) is 0.468. The number of carbonyl (C=O) groups is 1. The molecule has 0 aliphatic carbocycles. The minimum Gasteiger partial charge on any atom is -0.493 e. The summed E-state index contributed by atoms with van der Waals surface area (Å²) >= 11 is 0. The van der Waals surface area contributed by atoms with E-state index < -0.39 is 23.2 Å². The molecule has 0 fully saturated rings. The molecule has 0 saturated carbocycles. The highest BCUT2D eigenvalue weighted by atomic mass is 19.1. The zero-order chi connectivity index (χ0) is 24.7. The molecule has 1 aliphatic heterocycles. The van der Waals surface area contributed by atoms with Crippen LogP contribution < -0.4 is 14.9 Å². The number of carbonyl (C=O) groups excluding carboxylic acids is 1. The number of amides is 1. The molecule has 8 heteroatoms. The van der Waals surface area contributed by atoms with Crippen molar-refractivity contribution in [3.63, 3.8) is 0 Å². The van der Waals surface area contributed by atoms with Crippen molar-refractivity contribution in [2.45, 2.75) is 26.4 Å². The maximum absolute atomic E-state index is 14.0. The third-order valence-corrected chi connectivity index (χ3v) is 5.91. The number of hydrogen-bond donors (Lipinski definition) is 0. The van der Waals surface area contributed by atoms with Crippen LogP contribution in [0.15, 0.2) is 68.4 Å². The summed E-state index contributed by atoms with van der Waals surface area (Å²) in [5, 5.41) is 0.0743. The third-order valence-electron chi connectivity index (χ3n) is 5.91. The standard InChI is InChI=1S/C27H24FNO6/c1-15(2)14-34-21-8-6-16(11-22(21)32-3)24-23-25(30)19-12-17(28)7-9-20(19)35-26(23)27(31)29(24)13-18-5-4-10-33-18/h4-12,15,24H,13-14H2,1-3H3/t24-/m1/s1. The average Bonchev–Trinajstić information content (AvgIpc) is 3.45. The van der Waals surface area contributed by atoms with E-state index >= 15 is 0 Å². The topological polar surface area (TPSA) is 82.1 Å². The van der Waals surface area contributed by atoms with Crippen molar-refractivity contribution in [3.05, 3.63) is 93.5 Å². The second-order valence-electron chi connectivity index (χ2n) is 8.84. The lowest BCUT2D eigenvalue weighted by Crippen LogP contribution is -2.29. The van der Waals surface area contributed by atoms with E-state index in [-0.39, 0.29) is 28.8 Å². The Labute approximate surface area is 200 Å². The Morgan fingerprint density at radius 3 is 2.63 bits per heavy atom. The smallest absolute Gasteiger partial charge is 0.291 e. The van der Waals surface area contributed by atoms with Gasteiger partial charge in [0, 0.05) is 0 Å². The van der Waals surface area contributed by atoms with Crippen LogP contribution in [-0.2, 0) is 6.54 Å². The van der Waals surface area contributed by atoms with Crippen LogP contribution in [0, 0.1) is 11.7 Å². The van der Waals surface area contributed by atoms with Gasteiger partial charge in [-0.1, -0.05) is 19.9 Å². The first kappa shape index (κ1) is 22.7. The molecule has 1 aliphatic rings. The second-order valence-corrected chi connectivity index (χ2v) is 8.84. The average molecular weight is 477 g/mol. The number of halogens is 1. The SMILES string of the molecule is COc1cc([C@@H]2c3c(oc4ccc(F)cc4c3=O)C(=O)N2Cc2ccco2)ccc1OCC(C)C. The highest BCUT2D eigenvalue weighted by Crippen LogP contribution is 2.41. The van der Waals surface area contributed by atoms with Crippen molar-refractivity contribution >= 4 is 16.9 Å². The molecule has 1 amide bonds. The third kappa shape index (κ3) is 4.05. The van der Waals surface area contributed by atoms with Crippen LogP contribution in [0.5, 0.6) is 11.5 Å². The Bertz CT molecular complexity index is 1460. The van der Waals surface area contributed by atoms with E-state index in [4.69, 9.17) is 18.3 Å². The first-order valence-corrected chi connectivity index (χ1v) is 11.3. The maximum atomic E-state index is 14.0. The highest BCUT2D eigenvalue weighted by molar-refractivity contribution is 5.99. The number of benzene rings is 2. The number of furan rings is 1. The normalized spacial score (nSPS) is 15.2. The summed E-state index contributed by atoms with van der Waals surface area (Å²) in [5.74, 6) is 0.807. The molecule has 0 radical (unpaired) electrons. The predicted molar refractivity (Wildman–Crippen MR) is 126 cm³/mol. The summed E-state index contributed by atoms with van der Waals surface area (Å²) in [6.45, 7) is 4.70. The predicted octanol–water partition coefficient (Wildman–Crippen LogP) is 5.31. The summed E-state index contributed by atoms with van der Waals surface area (Å²) in [6.07, 6.45) is 1.52. The Kier molecular flexibility index (Phi) is 5.80. The van der Waals surface area contributed by atoms with Crippen LogP contribution in [0.4, 0.5) is 4.39 Å². The minimum absolute atomic E-state index is 0.0650. The van der Waals surface area contributed by atoms with Crippen LogP contribution in [-0.4, -0.2) is 24.5 Å². The van der Waals surface area contributed by atoms with E-state index in [2.05, 4.69) is 0 Å². The lowest BCUT2D eigenvalue weighted by molar-refractivity contribution is 0.0701. The highest BCUT2D eigenvalue weighted by Gasteiger charge is 2.43. The fraction of sp³-hybridized carbons (Fsp3) is 0.259. The molecule has 2 aromatic heterocycles. The number of nitrogens with zero attached hydrogens (tertiary/aromatic N) is 1. The second kappa shape index (κ2) is 8.94. The van der Waals surface area contributed by atoms with E-state index in [0.29, 0.717) is 35.3 Å². The Balaban J connectivity index is 1.67. The summed E-state index contributed by atoms with van der Waals surface area (Å²) < 4.78 is 36.7. The number of hydrogen-bond acceptors (Lipinski definition) is 6. The fourth-order valence-corrected chi connectivity index (χ4v) is 4.30. The van der Waals surface area contributed by atoms with E-state index in [9.17, 15) is 14.0 Å².